The first-order valence-corrected chi connectivity index (χ1v) is 8.30. The van der Waals surface area contributed by atoms with Crippen molar-refractivity contribution in [2.24, 2.45) is 0 Å². The molecule has 118 valence electrons. The zero-order valence-corrected chi connectivity index (χ0v) is 13.8. The van der Waals surface area contributed by atoms with Crippen LogP contribution < -0.4 is 5.32 Å². The molecule has 0 unspecified atom stereocenters. The summed E-state index contributed by atoms with van der Waals surface area (Å²) in [5.41, 5.74) is 0.857. The van der Waals surface area contributed by atoms with Gasteiger partial charge in [0.25, 0.3) is 5.91 Å². The van der Waals surface area contributed by atoms with Gasteiger partial charge in [0.1, 0.15) is 17.2 Å². The highest BCUT2D eigenvalue weighted by molar-refractivity contribution is 7.19. The fraction of sp³-hybridized carbons (Fsp3) is 0.133. The molecule has 1 aromatic carbocycles. The highest BCUT2D eigenvalue weighted by Gasteiger charge is 2.19. The predicted octanol–water partition coefficient (Wildman–Crippen LogP) is 4.41. The lowest BCUT2D eigenvalue weighted by molar-refractivity contribution is 0.101. The first-order chi connectivity index (χ1) is 11.0. The Labute approximate surface area is 138 Å². The summed E-state index contributed by atoms with van der Waals surface area (Å²) in [7, 11) is 0. The van der Waals surface area contributed by atoms with Gasteiger partial charge in [-0.2, -0.15) is 0 Å². The van der Waals surface area contributed by atoms with Crippen molar-refractivity contribution >= 4 is 33.7 Å². The highest BCUT2D eigenvalue weighted by Crippen LogP contribution is 2.33. The molecule has 0 spiro atoms. The number of carbonyl (C=O) groups excluding carboxylic acids is 1. The van der Waals surface area contributed by atoms with Gasteiger partial charge in [0.15, 0.2) is 5.13 Å². The van der Waals surface area contributed by atoms with E-state index in [1.165, 1.54) is 28.7 Å². The third-order valence-corrected chi connectivity index (χ3v) is 4.93. The summed E-state index contributed by atoms with van der Waals surface area (Å²) >= 11 is 2.73. The topological polar surface area (TPSA) is 54.9 Å². The number of amides is 1. The van der Waals surface area contributed by atoms with Gasteiger partial charge in [0.05, 0.1) is 21.3 Å². The van der Waals surface area contributed by atoms with Crippen LogP contribution in [-0.4, -0.2) is 15.9 Å². The van der Waals surface area contributed by atoms with Crippen molar-refractivity contribution in [1.82, 2.24) is 9.97 Å². The van der Waals surface area contributed by atoms with E-state index < -0.39 is 23.1 Å². The molecule has 23 heavy (non-hydrogen) atoms. The summed E-state index contributed by atoms with van der Waals surface area (Å²) < 4.78 is 27.3. The minimum Gasteiger partial charge on any atom is -0.298 e. The van der Waals surface area contributed by atoms with Crippen LogP contribution in [0.1, 0.15) is 21.1 Å². The minimum absolute atomic E-state index is 0.274. The largest absolute Gasteiger partial charge is 0.298 e. The van der Waals surface area contributed by atoms with E-state index in [4.69, 9.17) is 0 Å². The van der Waals surface area contributed by atoms with Crippen molar-refractivity contribution in [3.63, 3.8) is 0 Å². The Morgan fingerprint density at radius 2 is 1.87 bits per heavy atom. The molecule has 3 rings (SSSR count). The Kier molecular flexibility index (Phi) is 4.18. The highest BCUT2D eigenvalue weighted by atomic mass is 32.1. The molecule has 0 saturated carbocycles. The molecule has 0 radical (unpaired) electrons. The van der Waals surface area contributed by atoms with Crippen LogP contribution >= 0.6 is 22.7 Å². The van der Waals surface area contributed by atoms with Gasteiger partial charge in [-0.1, -0.05) is 17.4 Å². The van der Waals surface area contributed by atoms with E-state index in [0.29, 0.717) is 5.69 Å². The molecule has 0 aliphatic carbocycles. The molecule has 0 atom stereocenters. The number of halogens is 2. The van der Waals surface area contributed by atoms with Gasteiger partial charge in [-0.25, -0.2) is 18.7 Å². The summed E-state index contributed by atoms with van der Waals surface area (Å²) in [6.07, 6.45) is 0. The molecule has 2 aromatic heterocycles. The van der Waals surface area contributed by atoms with Crippen molar-refractivity contribution in [2.45, 2.75) is 13.8 Å². The number of hydrogen-bond acceptors (Lipinski definition) is 5. The van der Waals surface area contributed by atoms with Gasteiger partial charge in [-0.15, -0.1) is 11.3 Å². The van der Waals surface area contributed by atoms with Gasteiger partial charge < -0.3 is 0 Å². The van der Waals surface area contributed by atoms with Crippen LogP contribution in [0, 0.1) is 25.5 Å². The molecule has 0 bridgehead atoms. The number of rotatable bonds is 3. The van der Waals surface area contributed by atoms with Crippen molar-refractivity contribution < 1.29 is 13.6 Å². The average Bonchev–Trinajstić information content (AvgIpc) is 3.04. The number of nitrogens with one attached hydrogen (secondary N) is 1. The molecular weight excluding hydrogens is 340 g/mol. The Hall–Kier alpha value is -2.19. The third-order valence-electron chi connectivity index (χ3n) is 3.06. The van der Waals surface area contributed by atoms with E-state index in [9.17, 15) is 13.6 Å². The van der Waals surface area contributed by atoms with E-state index >= 15 is 0 Å². The first kappa shape index (κ1) is 15.7. The number of hydrogen-bond donors (Lipinski definition) is 1. The quantitative estimate of drug-likeness (QED) is 0.760. The van der Waals surface area contributed by atoms with Crippen molar-refractivity contribution in [1.29, 1.82) is 0 Å². The van der Waals surface area contributed by atoms with Crippen LogP contribution in [0.3, 0.4) is 0 Å². The maximum absolute atomic E-state index is 13.6. The standard InChI is InChI=1S/C15H11F2N3OS2/c1-7-13(11-6-22-8(2)19-11)23-15(18-7)20-14(21)12-9(16)4-3-5-10(12)17/h3-6H,1-2H3,(H,18,20,21). The molecule has 2 heterocycles. The summed E-state index contributed by atoms with van der Waals surface area (Å²) in [5.74, 6) is -2.69. The van der Waals surface area contributed by atoms with Crippen LogP contribution in [0.2, 0.25) is 0 Å². The number of benzene rings is 1. The van der Waals surface area contributed by atoms with Gasteiger partial charge >= 0.3 is 0 Å². The monoisotopic (exact) mass is 351 g/mol. The van der Waals surface area contributed by atoms with Gasteiger partial charge in [0, 0.05) is 5.38 Å². The third kappa shape index (κ3) is 3.13. The second-order valence-corrected chi connectivity index (χ2v) is 6.80. The van der Waals surface area contributed by atoms with Gasteiger partial charge in [-0.3, -0.25) is 10.1 Å². The summed E-state index contributed by atoms with van der Waals surface area (Å²) in [4.78, 5) is 21.5. The fourth-order valence-electron chi connectivity index (χ4n) is 2.03. The molecule has 0 fully saturated rings. The molecule has 1 amide bonds. The molecule has 0 saturated heterocycles. The Bertz CT molecular complexity index is 868. The van der Waals surface area contributed by atoms with Crippen molar-refractivity contribution in [3.05, 3.63) is 51.5 Å². The number of aryl methyl sites for hydroxylation is 2. The van der Waals surface area contributed by atoms with Gasteiger partial charge in [0.2, 0.25) is 0 Å². The first-order valence-electron chi connectivity index (χ1n) is 6.61. The van der Waals surface area contributed by atoms with Crippen LogP contribution in [0.15, 0.2) is 23.6 Å². The smallest absolute Gasteiger partial charge is 0.263 e. The Morgan fingerprint density at radius 1 is 1.17 bits per heavy atom. The lowest BCUT2D eigenvalue weighted by atomic mass is 10.2. The number of carbonyl (C=O) groups is 1. The second kappa shape index (κ2) is 6.13. The van der Waals surface area contributed by atoms with Crippen LogP contribution in [0.4, 0.5) is 13.9 Å². The van der Waals surface area contributed by atoms with E-state index in [-0.39, 0.29) is 5.13 Å². The average molecular weight is 351 g/mol. The maximum atomic E-state index is 13.6. The van der Waals surface area contributed by atoms with Crippen LogP contribution in [-0.2, 0) is 0 Å². The zero-order chi connectivity index (χ0) is 16.6. The van der Waals surface area contributed by atoms with E-state index in [0.717, 1.165) is 27.7 Å². The zero-order valence-electron chi connectivity index (χ0n) is 12.2. The minimum atomic E-state index is -0.911. The molecule has 8 heteroatoms. The number of thiazole rings is 2. The van der Waals surface area contributed by atoms with E-state index in [2.05, 4.69) is 15.3 Å². The Balaban J connectivity index is 1.88. The molecule has 0 aliphatic heterocycles. The molecule has 3 aromatic rings. The number of anilines is 1. The lowest BCUT2D eigenvalue weighted by Crippen LogP contribution is -2.15. The predicted molar refractivity (Wildman–Crippen MR) is 87.0 cm³/mol. The van der Waals surface area contributed by atoms with Crippen molar-refractivity contribution in [3.8, 4) is 10.6 Å². The summed E-state index contributed by atoms with van der Waals surface area (Å²) in [5, 5.41) is 5.54. The summed E-state index contributed by atoms with van der Waals surface area (Å²) in [6.45, 7) is 3.69. The summed E-state index contributed by atoms with van der Waals surface area (Å²) in [6, 6.07) is 3.28. The molecular formula is C15H11F2N3OS2. The lowest BCUT2D eigenvalue weighted by Gasteiger charge is -2.04. The van der Waals surface area contributed by atoms with Gasteiger partial charge in [-0.05, 0) is 26.0 Å². The van der Waals surface area contributed by atoms with Crippen molar-refractivity contribution in [2.75, 3.05) is 5.32 Å². The number of nitrogens with zero attached hydrogens (tertiary/aromatic N) is 2. The fourth-order valence-corrected chi connectivity index (χ4v) is 3.63. The SMILES string of the molecule is Cc1nc(-c2sc(NC(=O)c3c(F)cccc3F)nc2C)cs1. The maximum Gasteiger partial charge on any atom is 0.263 e. The molecule has 1 N–H and O–H groups in total. The Morgan fingerprint density at radius 3 is 2.48 bits per heavy atom. The molecule has 0 aliphatic rings. The normalized spacial score (nSPS) is 10.8. The van der Waals surface area contributed by atoms with Crippen LogP contribution in [0.25, 0.3) is 10.6 Å². The number of aromatic nitrogens is 2. The van der Waals surface area contributed by atoms with E-state index in [1.807, 2.05) is 12.3 Å². The molecule has 4 nitrogen and oxygen atoms in total. The van der Waals surface area contributed by atoms with Crippen LogP contribution in [0.5, 0.6) is 0 Å². The second-order valence-electron chi connectivity index (χ2n) is 4.74. The van der Waals surface area contributed by atoms with E-state index in [1.54, 1.807) is 6.92 Å².